The van der Waals surface area contributed by atoms with Crippen LogP contribution in [0.15, 0.2) is 53.4 Å². The second-order valence-electron chi connectivity index (χ2n) is 6.69. The van der Waals surface area contributed by atoms with Gasteiger partial charge >= 0.3 is 0 Å². The molecule has 2 aromatic rings. The summed E-state index contributed by atoms with van der Waals surface area (Å²) >= 11 is 5.80. The lowest BCUT2D eigenvalue weighted by Crippen LogP contribution is -2.43. The summed E-state index contributed by atoms with van der Waals surface area (Å²) in [4.78, 5) is 24.2. The lowest BCUT2D eigenvalue weighted by atomic mass is 10.0. The van der Waals surface area contributed by atoms with Crippen LogP contribution in [0.2, 0.25) is 5.02 Å². The number of hydrogen-bond acceptors (Lipinski definition) is 5. The smallest absolute Gasteiger partial charge is 0.264 e. The number of sulfonamides is 1. The molecule has 2 aromatic carbocycles. The van der Waals surface area contributed by atoms with Crippen molar-refractivity contribution in [2.45, 2.75) is 31.2 Å². The Morgan fingerprint density at radius 1 is 1.11 bits per heavy atom. The number of carbonyl (C=O) groups is 2. The van der Waals surface area contributed by atoms with Crippen LogP contribution in [0.1, 0.15) is 30.6 Å². The van der Waals surface area contributed by atoms with E-state index >= 15 is 0 Å². The van der Waals surface area contributed by atoms with Crippen LogP contribution >= 0.6 is 11.6 Å². The lowest BCUT2D eigenvalue weighted by molar-refractivity contribution is -0.120. The van der Waals surface area contributed by atoms with Gasteiger partial charge in [0.1, 0.15) is 0 Å². The molecule has 2 rings (SSSR count). The second-order valence-corrected chi connectivity index (χ2v) is 8.81. The zero-order valence-corrected chi connectivity index (χ0v) is 17.0. The maximum absolute atomic E-state index is 12.5. The zero-order chi connectivity index (χ0) is 20.9. The number of anilines is 1. The van der Waals surface area contributed by atoms with Crippen molar-refractivity contribution < 1.29 is 18.0 Å². The van der Waals surface area contributed by atoms with Crippen LogP contribution in [-0.4, -0.2) is 26.3 Å². The van der Waals surface area contributed by atoms with Gasteiger partial charge in [0.15, 0.2) is 0 Å². The Balaban J connectivity index is 2.13. The third kappa shape index (κ3) is 6.05. The molecule has 0 aliphatic carbocycles. The van der Waals surface area contributed by atoms with Gasteiger partial charge < -0.3 is 11.1 Å². The van der Waals surface area contributed by atoms with Crippen LogP contribution in [0.4, 0.5) is 5.69 Å². The first kappa shape index (κ1) is 21.9. The summed E-state index contributed by atoms with van der Waals surface area (Å²) in [6, 6.07) is 10.9. The minimum atomic E-state index is -4.12. The Labute approximate surface area is 169 Å². The Kier molecular flexibility index (Phi) is 7.17. The molecule has 9 heteroatoms. The van der Waals surface area contributed by atoms with E-state index in [-0.39, 0.29) is 16.5 Å². The Bertz CT molecular complexity index is 959. The second kappa shape index (κ2) is 9.18. The third-order valence-corrected chi connectivity index (χ3v) is 5.40. The summed E-state index contributed by atoms with van der Waals surface area (Å²) in [5, 5.41) is 3.10. The highest BCUT2D eigenvalue weighted by atomic mass is 35.5. The number of amides is 2. The fourth-order valence-corrected chi connectivity index (χ4v) is 3.63. The third-order valence-electron chi connectivity index (χ3n) is 3.81. The van der Waals surface area contributed by atoms with Gasteiger partial charge in [0.2, 0.25) is 0 Å². The highest BCUT2D eigenvalue weighted by Gasteiger charge is 2.23. The standard InChI is InChI=1S/C19H22ClN3O4S/c1-12(2)10-17(21)19(25)23-28(26,27)16-5-3-4-15(11-16)22-18(24)13-6-8-14(20)9-7-13/h3-9,11-12,17H,10,21H2,1-2H3,(H,22,24)(H,23,25)/t17-/m0/s1. The molecule has 7 nitrogen and oxygen atoms in total. The van der Waals surface area contributed by atoms with E-state index in [0.717, 1.165) is 0 Å². The van der Waals surface area contributed by atoms with E-state index in [4.69, 9.17) is 17.3 Å². The van der Waals surface area contributed by atoms with Gasteiger partial charge in [-0.05, 0) is 54.8 Å². The molecular formula is C19H22ClN3O4S. The molecular weight excluding hydrogens is 402 g/mol. The van der Waals surface area contributed by atoms with E-state index in [1.54, 1.807) is 30.3 Å². The molecule has 0 saturated heterocycles. The molecule has 0 aliphatic rings. The highest BCUT2D eigenvalue weighted by molar-refractivity contribution is 7.90. The van der Waals surface area contributed by atoms with Gasteiger partial charge in [-0.2, -0.15) is 0 Å². The molecule has 0 aromatic heterocycles. The van der Waals surface area contributed by atoms with Crippen molar-refractivity contribution in [3.63, 3.8) is 0 Å². The molecule has 0 heterocycles. The summed E-state index contributed by atoms with van der Waals surface area (Å²) in [6.45, 7) is 3.77. The highest BCUT2D eigenvalue weighted by Crippen LogP contribution is 2.17. The van der Waals surface area contributed by atoms with Crippen LogP contribution in [0.3, 0.4) is 0 Å². The molecule has 0 aliphatic heterocycles. The average molecular weight is 424 g/mol. The number of nitrogens with one attached hydrogen (secondary N) is 2. The predicted molar refractivity (Wildman–Crippen MR) is 109 cm³/mol. The van der Waals surface area contributed by atoms with Crippen molar-refractivity contribution in [1.29, 1.82) is 0 Å². The van der Waals surface area contributed by atoms with E-state index in [9.17, 15) is 18.0 Å². The van der Waals surface area contributed by atoms with Crippen LogP contribution in [-0.2, 0) is 14.8 Å². The number of hydrogen-bond donors (Lipinski definition) is 3. The van der Waals surface area contributed by atoms with Gasteiger partial charge in [0.25, 0.3) is 21.8 Å². The fourth-order valence-electron chi connectivity index (χ4n) is 2.43. The number of carbonyl (C=O) groups excluding carboxylic acids is 2. The SMILES string of the molecule is CC(C)C[C@H](N)C(=O)NS(=O)(=O)c1cccc(NC(=O)c2ccc(Cl)cc2)c1. The summed E-state index contributed by atoms with van der Waals surface area (Å²) in [7, 11) is -4.12. The van der Waals surface area contributed by atoms with E-state index in [2.05, 4.69) is 5.32 Å². The summed E-state index contributed by atoms with van der Waals surface area (Å²) in [5.74, 6) is -1.05. The number of nitrogens with two attached hydrogens (primary N) is 1. The van der Waals surface area contributed by atoms with Gasteiger partial charge in [0.05, 0.1) is 10.9 Å². The van der Waals surface area contributed by atoms with E-state index in [0.29, 0.717) is 17.0 Å². The zero-order valence-electron chi connectivity index (χ0n) is 15.5. The normalized spacial score (nSPS) is 12.5. The first-order valence-corrected chi connectivity index (χ1v) is 10.4. The van der Waals surface area contributed by atoms with Gasteiger partial charge in [-0.3, -0.25) is 9.59 Å². The van der Waals surface area contributed by atoms with Gasteiger partial charge in [-0.1, -0.05) is 31.5 Å². The first-order chi connectivity index (χ1) is 13.1. The van der Waals surface area contributed by atoms with Crippen LogP contribution in [0.5, 0.6) is 0 Å². The number of rotatable bonds is 7. The molecule has 0 fully saturated rings. The summed E-state index contributed by atoms with van der Waals surface area (Å²) < 4.78 is 26.9. The molecule has 4 N–H and O–H groups in total. The molecule has 0 unspecified atom stereocenters. The Morgan fingerprint density at radius 2 is 1.75 bits per heavy atom. The molecule has 1 atom stereocenters. The van der Waals surface area contributed by atoms with Gasteiger partial charge in [-0.25, -0.2) is 13.1 Å². The van der Waals surface area contributed by atoms with E-state index in [1.165, 1.54) is 18.2 Å². The molecule has 150 valence electrons. The van der Waals surface area contributed by atoms with Crippen LogP contribution in [0, 0.1) is 5.92 Å². The molecule has 0 spiro atoms. The van der Waals surface area contributed by atoms with Crippen molar-refractivity contribution >= 4 is 39.1 Å². The van der Waals surface area contributed by atoms with Crippen molar-refractivity contribution in [1.82, 2.24) is 4.72 Å². The van der Waals surface area contributed by atoms with Crippen molar-refractivity contribution in [3.8, 4) is 0 Å². The maximum atomic E-state index is 12.5. The number of halogens is 1. The van der Waals surface area contributed by atoms with Gasteiger partial charge in [-0.15, -0.1) is 0 Å². The minimum absolute atomic E-state index is 0.148. The van der Waals surface area contributed by atoms with Crippen LogP contribution in [0.25, 0.3) is 0 Å². The average Bonchev–Trinajstić information content (AvgIpc) is 2.61. The molecule has 0 saturated carbocycles. The Morgan fingerprint density at radius 3 is 2.36 bits per heavy atom. The van der Waals surface area contributed by atoms with Crippen molar-refractivity contribution in [3.05, 3.63) is 59.1 Å². The van der Waals surface area contributed by atoms with E-state index < -0.39 is 27.9 Å². The largest absolute Gasteiger partial charge is 0.322 e. The molecule has 0 bridgehead atoms. The molecule has 28 heavy (non-hydrogen) atoms. The van der Waals surface area contributed by atoms with Crippen molar-refractivity contribution in [2.75, 3.05) is 5.32 Å². The van der Waals surface area contributed by atoms with Crippen molar-refractivity contribution in [2.24, 2.45) is 11.7 Å². The Hall–Kier alpha value is -2.42. The van der Waals surface area contributed by atoms with Crippen LogP contribution < -0.4 is 15.8 Å². The quantitative estimate of drug-likeness (QED) is 0.632. The predicted octanol–water partition coefficient (Wildman–Crippen LogP) is 2.77. The van der Waals surface area contributed by atoms with Gasteiger partial charge in [0, 0.05) is 16.3 Å². The minimum Gasteiger partial charge on any atom is -0.322 e. The number of benzene rings is 2. The summed E-state index contributed by atoms with van der Waals surface area (Å²) in [5.41, 5.74) is 6.36. The molecule has 2 amide bonds. The lowest BCUT2D eigenvalue weighted by Gasteiger charge is -2.15. The molecule has 0 radical (unpaired) electrons. The fraction of sp³-hybridized carbons (Fsp3) is 0.263. The maximum Gasteiger partial charge on any atom is 0.264 e. The summed E-state index contributed by atoms with van der Waals surface area (Å²) in [6.07, 6.45) is 0.360. The van der Waals surface area contributed by atoms with E-state index in [1.807, 2.05) is 18.6 Å². The topological polar surface area (TPSA) is 118 Å². The monoisotopic (exact) mass is 423 g/mol. The first-order valence-electron chi connectivity index (χ1n) is 8.57.